The van der Waals surface area contributed by atoms with Gasteiger partial charge in [0.2, 0.25) is 0 Å². The number of ketones is 1. The summed E-state index contributed by atoms with van der Waals surface area (Å²) in [7, 11) is 0. The fourth-order valence-electron chi connectivity index (χ4n) is 3.84. The maximum atomic E-state index is 13.3. The van der Waals surface area contributed by atoms with Crippen molar-refractivity contribution >= 4 is 11.9 Å². The van der Waals surface area contributed by atoms with E-state index in [0.717, 1.165) is 22.4 Å². The number of rotatable bonds is 13. The van der Waals surface area contributed by atoms with E-state index >= 15 is 0 Å². The van der Waals surface area contributed by atoms with Crippen LogP contribution in [0, 0.1) is 0 Å². The lowest BCUT2D eigenvalue weighted by atomic mass is 10.1. The highest BCUT2D eigenvalue weighted by atomic mass is 16.5. The van der Waals surface area contributed by atoms with Crippen LogP contribution in [0.5, 0.6) is 23.0 Å². The third kappa shape index (κ3) is 7.50. The molecule has 0 bridgehead atoms. The first kappa shape index (κ1) is 26.6. The zero-order chi connectivity index (χ0) is 26.6. The summed E-state index contributed by atoms with van der Waals surface area (Å²) in [6.45, 7) is 5.68. The Balaban J connectivity index is 1.56. The van der Waals surface area contributed by atoms with Crippen molar-refractivity contribution in [3.63, 3.8) is 0 Å². The monoisotopic (exact) mass is 508 g/mol. The summed E-state index contributed by atoms with van der Waals surface area (Å²) in [5.41, 5.74) is 3.31. The maximum Gasteiger partial charge on any atom is 0.189 e. The molecule has 0 radical (unpaired) electrons. The van der Waals surface area contributed by atoms with Crippen molar-refractivity contribution in [2.45, 2.75) is 27.1 Å². The predicted molar refractivity (Wildman–Crippen MR) is 150 cm³/mol. The van der Waals surface area contributed by atoms with Gasteiger partial charge >= 0.3 is 0 Å². The number of hydrogen-bond acceptors (Lipinski definition) is 5. The molecule has 194 valence electrons. The van der Waals surface area contributed by atoms with Crippen LogP contribution in [-0.4, -0.2) is 19.0 Å². The molecule has 0 N–H and O–H groups in total. The van der Waals surface area contributed by atoms with Crippen molar-refractivity contribution in [3.8, 4) is 23.0 Å². The highest BCUT2D eigenvalue weighted by Crippen LogP contribution is 2.29. The Kier molecular flexibility index (Phi) is 9.57. The lowest BCUT2D eigenvalue weighted by Gasteiger charge is -2.13. The van der Waals surface area contributed by atoms with Gasteiger partial charge in [0.05, 0.1) is 18.8 Å². The fraction of sp³-hybridized carbons (Fsp3) is 0.182. The van der Waals surface area contributed by atoms with Gasteiger partial charge in [-0.2, -0.15) is 0 Å². The second-order valence-electron chi connectivity index (χ2n) is 8.47. The van der Waals surface area contributed by atoms with Gasteiger partial charge < -0.3 is 18.9 Å². The molecular weight excluding hydrogens is 476 g/mol. The van der Waals surface area contributed by atoms with Gasteiger partial charge in [0.25, 0.3) is 0 Å². The van der Waals surface area contributed by atoms with Crippen molar-refractivity contribution in [1.29, 1.82) is 0 Å². The average molecular weight is 509 g/mol. The summed E-state index contributed by atoms with van der Waals surface area (Å²) in [5.74, 6) is 2.29. The quantitative estimate of drug-likeness (QED) is 0.138. The van der Waals surface area contributed by atoms with E-state index in [1.54, 1.807) is 24.3 Å². The third-order valence-corrected chi connectivity index (χ3v) is 5.71. The standard InChI is InChI=1S/C33H32O5/c1-3-35-28-17-15-27(32(21-28)36-4-2)16-20-31(34)30-19-18-29(37-23-25-11-7-5-8-12-25)22-33(30)38-24-26-13-9-6-10-14-26/h5-22H,3-4,23-24H2,1-2H3. The molecule has 0 fully saturated rings. The van der Waals surface area contributed by atoms with Crippen LogP contribution in [0.1, 0.15) is 40.9 Å². The molecule has 0 unspecified atom stereocenters. The Morgan fingerprint density at radius 1 is 0.632 bits per heavy atom. The van der Waals surface area contributed by atoms with E-state index < -0.39 is 0 Å². The summed E-state index contributed by atoms with van der Waals surface area (Å²) in [5, 5.41) is 0. The zero-order valence-electron chi connectivity index (χ0n) is 21.8. The lowest BCUT2D eigenvalue weighted by molar-refractivity contribution is 0.104. The summed E-state index contributed by atoms with van der Waals surface area (Å²) in [4.78, 5) is 13.3. The van der Waals surface area contributed by atoms with Crippen LogP contribution in [0.15, 0.2) is 103 Å². The minimum Gasteiger partial charge on any atom is -0.494 e. The molecular formula is C33H32O5. The molecule has 0 saturated carbocycles. The second-order valence-corrected chi connectivity index (χ2v) is 8.47. The van der Waals surface area contributed by atoms with E-state index in [0.29, 0.717) is 49.2 Å². The number of allylic oxidation sites excluding steroid dienone is 1. The molecule has 0 aliphatic rings. The predicted octanol–water partition coefficient (Wildman–Crippen LogP) is 7.54. The Bertz CT molecular complexity index is 1350. The molecule has 0 aromatic heterocycles. The topological polar surface area (TPSA) is 54.0 Å². The van der Waals surface area contributed by atoms with Crippen LogP contribution in [0.3, 0.4) is 0 Å². The van der Waals surface area contributed by atoms with E-state index in [1.165, 1.54) is 6.08 Å². The van der Waals surface area contributed by atoms with Crippen LogP contribution < -0.4 is 18.9 Å². The molecule has 4 aromatic carbocycles. The van der Waals surface area contributed by atoms with Gasteiger partial charge in [-0.15, -0.1) is 0 Å². The van der Waals surface area contributed by atoms with Gasteiger partial charge in [-0.1, -0.05) is 60.7 Å². The molecule has 5 nitrogen and oxygen atoms in total. The molecule has 0 amide bonds. The first-order chi connectivity index (χ1) is 18.7. The third-order valence-electron chi connectivity index (χ3n) is 5.71. The highest BCUT2D eigenvalue weighted by Gasteiger charge is 2.13. The van der Waals surface area contributed by atoms with Crippen LogP contribution >= 0.6 is 0 Å². The van der Waals surface area contributed by atoms with Gasteiger partial charge in [0.15, 0.2) is 5.78 Å². The molecule has 38 heavy (non-hydrogen) atoms. The van der Waals surface area contributed by atoms with E-state index in [-0.39, 0.29) is 5.78 Å². The molecule has 0 aliphatic heterocycles. The number of carbonyl (C=O) groups excluding carboxylic acids is 1. The first-order valence-electron chi connectivity index (χ1n) is 12.8. The van der Waals surface area contributed by atoms with Gasteiger partial charge in [-0.05, 0) is 61.4 Å². The van der Waals surface area contributed by atoms with Crippen molar-refractivity contribution < 1.29 is 23.7 Å². The average Bonchev–Trinajstić information content (AvgIpc) is 2.96. The molecule has 5 heteroatoms. The largest absolute Gasteiger partial charge is 0.494 e. The van der Waals surface area contributed by atoms with E-state index in [2.05, 4.69) is 0 Å². The molecule has 4 rings (SSSR count). The van der Waals surface area contributed by atoms with E-state index in [4.69, 9.17) is 18.9 Å². The SMILES string of the molecule is CCOc1ccc(C=CC(=O)c2ccc(OCc3ccccc3)cc2OCc2ccccc2)c(OCC)c1. The maximum absolute atomic E-state index is 13.3. The van der Waals surface area contributed by atoms with E-state index in [9.17, 15) is 4.79 Å². The molecule has 4 aromatic rings. The van der Waals surface area contributed by atoms with Gasteiger partial charge in [-0.25, -0.2) is 0 Å². The Hall–Kier alpha value is -4.51. The van der Waals surface area contributed by atoms with Crippen LogP contribution in [0.4, 0.5) is 0 Å². The molecule has 0 aliphatic carbocycles. The molecule has 0 heterocycles. The molecule has 0 saturated heterocycles. The number of benzene rings is 4. The van der Waals surface area contributed by atoms with Crippen LogP contribution in [-0.2, 0) is 13.2 Å². The highest BCUT2D eigenvalue weighted by molar-refractivity contribution is 6.08. The van der Waals surface area contributed by atoms with Gasteiger partial charge in [0.1, 0.15) is 36.2 Å². The fourth-order valence-corrected chi connectivity index (χ4v) is 3.84. The van der Waals surface area contributed by atoms with Crippen LogP contribution in [0.25, 0.3) is 6.08 Å². The van der Waals surface area contributed by atoms with Gasteiger partial charge in [0, 0.05) is 17.7 Å². The first-order valence-corrected chi connectivity index (χ1v) is 12.8. The Morgan fingerprint density at radius 3 is 1.87 bits per heavy atom. The number of ether oxygens (including phenoxy) is 4. The van der Waals surface area contributed by atoms with E-state index in [1.807, 2.05) is 92.7 Å². The summed E-state index contributed by atoms with van der Waals surface area (Å²) in [6, 6.07) is 30.7. The minimum absolute atomic E-state index is 0.181. The summed E-state index contributed by atoms with van der Waals surface area (Å²) >= 11 is 0. The van der Waals surface area contributed by atoms with Crippen molar-refractivity contribution in [3.05, 3.63) is 125 Å². The smallest absolute Gasteiger partial charge is 0.189 e. The number of hydrogen-bond donors (Lipinski definition) is 0. The minimum atomic E-state index is -0.181. The van der Waals surface area contributed by atoms with Crippen molar-refractivity contribution in [2.75, 3.05) is 13.2 Å². The van der Waals surface area contributed by atoms with Crippen molar-refractivity contribution in [1.82, 2.24) is 0 Å². The molecule has 0 atom stereocenters. The summed E-state index contributed by atoms with van der Waals surface area (Å²) in [6.07, 6.45) is 3.29. The van der Waals surface area contributed by atoms with Gasteiger partial charge in [-0.3, -0.25) is 4.79 Å². The Morgan fingerprint density at radius 2 is 1.21 bits per heavy atom. The lowest BCUT2D eigenvalue weighted by Crippen LogP contribution is -2.04. The molecule has 0 spiro atoms. The number of carbonyl (C=O) groups is 1. The van der Waals surface area contributed by atoms with Crippen LogP contribution in [0.2, 0.25) is 0 Å². The zero-order valence-corrected chi connectivity index (χ0v) is 21.8. The van der Waals surface area contributed by atoms with Crippen molar-refractivity contribution in [2.24, 2.45) is 0 Å². The normalized spacial score (nSPS) is 10.8. The second kappa shape index (κ2) is 13.7. The Labute approximate surface area is 224 Å². The summed E-state index contributed by atoms with van der Waals surface area (Å²) < 4.78 is 23.5.